The molecule has 7 heteroatoms. The maximum atomic E-state index is 12.1. The summed E-state index contributed by atoms with van der Waals surface area (Å²) in [5.41, 5.74) is 1.70. The Morgan fingerprint density at radius 2 is 1.96 bits per heavy atom. The van der Waals surface area contributed by atoms with E-state index in [0.29, 0.717) is 12.3 Å². The maximum absolute atomic E-state index is 12.1. The van der Waals surface area contributed by atoms with Crippen molar-refractivity contribution in [2.45, 2.75) is 38.3 Å². The first kappa shape index (κ1) is 16.1. The molecule has 0 radical (unpaired) electrons. The molecule has 2 aromatic rings. The van der Waals surface area contributed by atoms with Crippen molar-refractivity contribution in [2.24, 2.45) is 0 Å². The van der Waals surface area contributed by atoms with E-state index in [1.165, 1.54) is 0 Å². The lowest BCUT2D eigenvalue weighted by Crippen LogP contribution is -2.46. The second kappa shape index (κ2) is 6.13. The molecule has 1 unspecified atom stereocenters. The Hall–Kier alpha value is -1.44. The molecule has 1 aromatic heterocycles. The molecule has 0 aliphatic carbocycles. The molecule has 130 valence electrons. The molecule has 1 aromatic carbocycles. The largest absolute Gasteiger partial charge is 0.439 e. The first-order valence-electron chi connectivity index (χ1n) is 8.63. The molecular weight excluding hydrogens is 326 g/mol. The first-order chi connectivity index (χ1) is 11.5. The Kier molecular flexibility index (Phi) is 4.10. The fourth-order valence-corrected chi connectivity index (χ4v) is 5.66. The van der Waals surface area contributed by atoms with Gasteiger partial charge >= 0.3 is 0 Å². The van der Waals surface area contributed by atoms with Crippen LogP contribution in [0, 0.1) is 0 Å². The van der Waals surface area contributed by atoms with Gasteiger partial charge in [0.15, 0.2) is 5.58 Å². The maximum Gasteiger partial charge on any atom is 0.214 e. The molecule has 2 aliphatic rings. The van der Waals surface area contributed by atoms with E-state index in [9.17, 15) is 8.42 Å². The molecule has 2 aliphatic heterocycles. The normalized spacial score (nSPS) is 24.5. The van der Waals surface area contributed by atoms with Crippen LogP contribution in [-0.4, -0.2) is 54.0 Å². The molecule has 0 amide bonds. The predicted molar refractivity (Wildman–Crippen MR) is 92.1 cm³/mol. The Morgan fingerprint density at radius 1 is 1.21 bits per heavy atom. The smallest absolute Gasteiger partial charge is 0.214 e. The van der Waals surface area contributed by atoms with Gasteiger partial charge in [0, 0.05) is 25.7 Å². The van der Waals surface area contributed by atoms with Gasteiger partial charge in [-0.2, -0.15) is 4.31 Å². The molecule has 0 N–H and O–H groups in total. The lowest BCUT2D eigenvalue weighted by Gasteiger charge is -2.37. The van der Waals surface area contributed by atoms with E-state index in [4.69, 9.17) is 4.42 Å². The number of benzene rings is 1. The van der Waals surface area contributed by atoms with Crippen molar-refractivity contribution in [1.29, 1.82) is 0 Å². The van der Waals surface area contributed by atoms with Crippen LogP contribution < -0.4 is 0 Å². The summed E-state index contributed by atoms with van der Waals surface area (Å²) in [6.07, 6.45) is 2.52. The summed E-state index contributed by atoms with van der Waals surface area (Å²) >= 11 is 0. The summed E-state index contributed by atoms with van der Waals surface area (Å²) in [7, 11) is -3.01. The minimum Gasteiger partial charge on any atom is -0.439 e. The highest BCUT2D eigenvalue weighted by Gasteiger charge is 2.37. The topological polar surface area (TPSA) is 66.7 Å². The molecule has 2 fully saturated rings. The highest BCUT2D eigenvalue weighted by molar-refractivity contribution is 7.89. The molecule has 3 heterocycles. The third-order valence-corrected chi connectivity index (χ3v) is 7.26. The van der Waals surface area contributed by atoms with Crippen molar-refractivity contribution < 1.29 is 12.8 Å². The lowest BCUT2D eigenvalue weighted by atomic mass is 10.0. The van der Waals surface area contributed by atoms with Crippen LogP contribution in [0.4, 0.5) is 0 Å². The molecule has 4 rings (SSSR count). The standard InChI is InChI=1S/C17H23N3O3S/c1-13(17-18-15-5-2-3-6-16(15)23-17)19-10-7-14(8-11-19)20-9-4-12-24(20,21)22/h2-3,5-6,13-14H,4,7-12H2,1H3. The van der Waals surface area contributed by atoms with Gasteiger partial charge in [-0.05, 0) is 38.3 Å². The fourth-order valence-electron chi connectivity index (χ4n) is 3.85. The van der Waals surface area contributed by atoms with E-state index in [0.717, 1.165) is 49.3 Å². The van der Waals surface area contributed by atoms with Crippen LogP contribution in [0.2, 0.25) is 0 Å². The molecule has 0 spiro atoms. The quantitative estimate of drug-likeness (QED) is 0.851. The van der Waals surface area contributed by atoms with Crippen molar-refractivity contribution in [3.05, 3.63) is 30.2 Å². The number of likely N-dealkylation sites (tertiary alicyclic amines) is 1. The number of oxazole rings is 1. The first-order valence-corrected chi connectivity index (χ1v) is 10.2. The SMILES string of the molecule is CC(c1nc2ccccc2o1)N1CCC(N2CCCS2(=O)=O)CC1. The summed E-state index contributed by atoms with van der Waals surface area (Å²) in [5, 5.41) is 0. The Balaban J connectivity index is 1.43. The average Bonchev–Trinajstić information content (AvgIpc) is 3.17. The second-order valence-electron chi connectivity index (χ2n) is 6.74. The van der Waals surface area contributed by atoms with Crippen LogP contribution in [0.1, 0.15) is 38.1 Å². The monoisotopic (exact) mass is 349 g/mol. The van der Waals surface area contributed by atoms with Crippen molar-refractivity contribution in [3.8, 4) is 0 Å². The summed E-state index contributed by atoms with van der Waals surface area (Å²) in [4.78, 5) is 6.93. The molecule has 0 bridgehead atoms. The van der Waals surface area contributed by atoms with Crippen LogP contribution in [0.25, 0.3) is 11.1 Å². The summed E-state index contributed by atoms with van der Waals surface area (Å²) in [5.74, 6) is 1.05. The fraction of sp³-hybridized carbons (Fsp3) is 0.588. The zero-order valence-electron chi connectivity index (χ0n) is 13.9. The summed E-state index contributed by atoms with van der Waals surface area (Å²) in [6.45, 7) is 4.54. The Labute approximate surface area is 142 Å². The van der Waals surface area contributed by atoms with Gasteiger partial charge in [0.05, 0.1) is 11.8 Å². The van der Waals surface area contributed by atoms with Crippen molar-refractivity contribution in [1.82, 2.24) is 14.2 Å². The van der Waals surface area contributed by atoms with Gasteiger partial charge in [0.25, 0.3) is 0 Å². The molecule has 1 atom stereocenters. The number of piperidine rings is 1. The van der Waals surface area contributed by atoms with Gasteiger partial charge in [0.1, 0.15) is 5.52 Å². The highest BCUT2D eigenvalue weighted by Crippen LogP contribution is 2.30. The molecule has 24 heavy (non-hydrogen) atoms. The van der Waals surface area contributed by atoms with E-state index in [-0.39, 0.29) is 12.1 Å². The van der Waals surface area contributed by atoms with E-state index in [2.05, 4.69) is 16.8 Å². The van der Waals surface area contributed by atoms with E-state index < -0.39 is 10.0 Å². The van der Waals surface area contributed by atoms with Crippen molar-refractivity contribution >= 4 is 21.1 Å². The zero-order valence-corrected chi connectivity index (χ0v) is 14.7. The molecule has 6 nitrogen and oxygen atoms in total. The van der Waals surface area contributed by atoms with E-state index in [1.54, 1.807) is 4.31 Å². The summed E-state index contributed by atoms with van der Waals surface area (Å²) in [6, 6.07) is 8.06. The highest BCUT2D eigenvalue weighted by atomic mass is 32.2. The molecule has 0 saturated carbocycles. The van der Waals surface area contributed by atoms with Crippen molar-refractivity contribution in [2.75, 3.05) is 25.4 Å². The number of hydrogen-bond donors (Lipinski definition) is 0. The van der Waals surface area contributed by atoms with Crippen LogP contribution in [-0.2, 0) is 10.0 Å². The van der Waals surface area contributed by atoms with Crippen LogP contribution in [0.15, 0.2) is 28.7 Å². The summed E-state index contributed by atoms with van der Waals surface area (Å²) < 4.78 is 31.8. The predicted octanol–water partition coefficient (Wildman–Crippen LogP) is 2.39. The minimum atomic E-state index is -3.01. The van der Waals surface area contributed by atoms with Crippen LogP contribution in [0.3, 0.4) is 0 Å². The lowest BCUT2D eigenvalue weighted by molar-refractivity contribution is 0.116. The second-order valence-corrected chi connectivity index (χ2v) is 8.78. The number of fused-ring (bicyclic) bond motifs is 1. The number of sulfonamides is 1. The van der Waals surface area contributed by atoms with Crippen LogP contribution >= 0.6 is 0 Å². The number of nitrogens with zero attached hydrogens (tertiary/aromatic N) is 3. The van der Waals surface area contributed by atoms with E-state index >= 15 is 0 Å². The number of para-hydroxylation sites is 2. The average molecular weight is 349 g/mol. The minimum absolute atomic E-state index is 0.105. The van der Waals surface area contributed by atoms with E-state index in [1.807, 2.05) is 24.3 Å². The van der Waals surface area contributed by atoms with Gasteiger partial charge in [0.2, 0.25) is 15.9 Å². The molecule has 2 saturated heterocycles. The Morgan fingerprint density at radius 3 is 2.62 bits per heavy atom. The third-order valence-electron chi connectivity index (χ3n) is 5.26. The molecular formula is C17H23N3O3S. The van der Waals surface area contributed by atoms with Gasteiger partial charge < -0.3 is 4.42 Å². The Bertz CT molecular complexity index is 791. The van der Waals surface area contributed by atoms with Gasteiger partial charge in [-0.3, -0.25) is 4.90 Å². The zero-order chi connectivity index (χ0) is 16.7. The van der Waals surface area contributed by atoms with Crippen LogP contribution in [0.5, 0.6) is 0 Å². The van der Waals surface area contributed by atoms with Gasteiger partial charge in [-0.1, -0.05) is 12.1 Å². The van der Waals surface area contributed by atoms with Gasteiger partial charge in [-0.15, -0.1) is 0 Å². The number of aromatic nitrogens is 1. The van der Waals surface area contributed by atoms with Crippen molar-refractivity contribution in [3.63, 3.8) is 0 Å². The van der Waals surface area contributed by atoms with Gasteiger partial charge in [-0.25, -0.2) is 13.4 Å². The number of rotatable bonds is 3. The third kappa shape index (κ3) is 2.85. The number of hydrogen-bond acceptors (Lipinski definition) is 5.